The third-order valence-corrected chi connectivity index (χ3v) is 4.28. The Labute approximate surface area is 132 Å². The molecule has 21 heavy (non-hydrogen) atoms. The van der Waals surface area contributed by atoms with Crippen LogP contribution in [0.4, 0.5) is 11.5 Å². The van der Waals surface area contributed by atoms with Crippen LogP contribution in [0.2, 0.25) is 0 Å². The molecule has 0 aliphatic carbocycles. The Morgan fingerprint density at radius 2 is 2.00 bits per heavy atom. The van der Waals surface area contributed by atoms with Gasteiger partial charge in [-0.2, -0.15) is 0 Å². The standard InChI is InChI=1S/C16H26ClN3O/c1-4-14-13(10-17)15(11(3)16(20-14)18-5-2)19-12-6-8-21-9-7-12/h12H,4-10H2,1-3H3,(H2,18,19,20). The number of pyridine rings is 1. The molecule has 5 heteroatoms. The number of ether oxygens (including phenoxy) is 1. The molecule has 2 rings (SSSR count). The number of hydrogen-bond donors (Lipinski definition) is 2. The van der Waals surface area contributed by atoms with E-state index < -0.39 is 0 Å². The number of halogens is 1. The van der Waals surface area contributed by atoms with Crippen LogP contribution in [0.25, 0.3) is 0 Å². The lowest BCUT2D eigenvalue weighted by atomic mass is 10.0. The van der Waals surface area contributed by atoms with Gasteiger partial charge in [0, 0.05) is 48.3 Å². The van der Waals surface area contributed by atoms with Gasteiger partial charge >= 0.3 is 0 Å². The number of nitrogens with one attached hydrogen (secondary N) is 2. The summed E-state index contributed by atoms with van der Waals surface area (Å²) in [6.07, 6.45) is 2.98. The molecular weight excluding hydrogens is 286 g/mol. The topological polar surface area (TPSA) is 46.2 Å². The normalized spacial score (nSPS) is 16.0. The summed E-state index contributed by atoms with van der Waals surface area (Å²) in [6, 6.07) is 0.459. The smallest absolute Gasteiger partial charge is 0.131 e. The van der Waals surface area contributed by atoms with Gasteiger partial charge in [-0.25, -0.2) is 4.98 Å². The highest BCUT2D eigenvalue weighted by Gasteiger charge is 2.20. The number of anilines is 2. The van der Waals surface area contributed by atoms with Crippen LogP contribution in [0.3, 0.4) is 0 Å². The van der Waals surface area contributed by atoms with E-state index in [4.69, 9.17) is 21.3 Å². The summed E-state index contributed by atoms with van der Waals surface area (Å²) in [5, 5.41) is 7.06. The minimum atomic E-state index is 0.459. The highest BCUT2D eigenvalue weighted by molar-refractivity contribution is 6.17. The van der Waals surface area contributed by atoms with Crippen molar-refractivity contribution in [2.24, 2.45) is 0 Å². The molecule has 2 N–H and O–H groups in total. The summed E-state index contributed by atoms with van der Waals surface area (Å²) in [5.41, 5.74) is 4.56. The van der Waals surface area contributed by atoms with Gasteiger partial charge in [0.2, 0.25) is 0 Å². The van der Waals surface area contributed by atoms with Crippen molar-refractivity contribution in [2.45, 2.75) is 52.0 Å². The van der Waals surface area contributed by atoms with Crippen molar-refractivity contribution in [1.82, 2.24) is 4.98 Å². The molecule has 0 unspecified atom stereocenters. The molecule has 0 spiro atoms. The maximum absolute atomic E-state index is 6.21. The minimum Gasteiger partial charge on any atom is -0.382 e. The zero-order valence-corrected chi connectivity index (χ0v) is 14.0. The number of aryl methyl sites for hydroxylation is 1. The molecule has 1 aliphatic heterocycles. The number of alkyl halides is 1. The van der Waals surface area contributed by atoms with Crippen LogP contribution in [0.5, 0.6) is 0 Å². The first kappa shape index (κ1) is 16.4. The molecule has 0 amide bonds. The zero-order chi connectivity index (χ0) is 15.2. The van der Waals surface area contributed by atoms with Crippen molar-refractivity contribution in [3.05, 3.63) is 16.8 Å². The second kappa shape index (κ2) is 7.85. The SMILES string of the molecule is CCNc1nc(CC)c(CCl)c(NC2CCOCC2)c1C. The first-order valence-electron chi connectivity index (χ1n) is 7.87. The van der Waals surface area contributed by atoms with E-state index in [0.717, 1.165) is 61.7 Å². The molecule has 1 aromatic heterocycles. The largest absolute Gasteiger partial charge is 0.382 e. The van der Waals surface area contributed by atoms with E-state index in [0.29, 0.717) is 11.9 Å². The Morgan fingerprint density at radius 3 is 2.57 bits per heavy atom. The van der Waals surface area contributed by atoms with Crippen molar-refractivity contribution in [3.8, 4) is 0 Å². The monoisotopic (exact) mass is 311 g/mol. The van der Waals surface area contributed by atoms with Gasteiger partial charge in [-0.3, -0.25) is 0 Å². The second-order valence-corrected chi connectivity index (χ2v) is 5.70. The summed E-state index contributed by atoms with van der Waals surface area (Å²) in [6.45, 7) is 8.86. The highest BCUT2D eigenvalue weighted by atomic mass is 35.5. The van der Waals surface area contributed by atoms with Crippen LogP contribution in [-0.2, 0) is 17.0 Å². The van der Waals surface area contributed by atoms with E-state index in [1.165, 1.54) is 5.69 Å². The summed E-state index contributed by atoms with van der Waals surface area (Å²) in [7, 11) is 0. The summed E-state index contributed by atoms with van der Waals surface area (Å²) < 4.78 is 5.44. The average molecular weight is 312 g/mol. The van der Waals surface area contributed by atoms with Crippen LogP contribution in [0, 0.1) is 6.92 Å². The zero-order valence-electron chi connectivity index (χ0n) is 13.3. The van der Waals surface area contributed by atoms with Crippen molar-refractivity contribution < 1.29 is 4.74 Å². The van der Waals surface area contributed by atoms with E-state index >= 15 is 0 Å². The molecule has 1 aromatic rings. The molecule has 0 aromatic carbocycles. The van der Waals surface area contributed by atoms with Gasteiger partial charge in [0.25, 0.3) is 0 Å². The van der Waals surface area contributed by atoms with E-state index in [1.807, 2.05) is 0 Å². The summed E-state index contributed by atoms with van der Waals surface area (Å²) in [5.74, 6) is 1.47. The summed E-state index contributed by atoms with van der Waals surface area (Å²) >= 11 is 6.21. The number of rotatable bonds is 6. The third kappa shape index (κ3) is 3.80. The molecule has 1 fully saturated rings. The lowest BCUT2D eigenvalue weighted by Crippen LogP contribution is -2.29. The molecule has 0 bridgehead atoms. The van der Waals surface area contributed by atoms with Crippen LogP contribution >= 0.6 is 11.6 Å². The van der Waals surface area contributed by atoms with Crippen LogP contribution in [0.15, 0.2) is 0 Å². The molecule has 4 nitrogen and oxygen atoms in total. The first-order chi connectivity index (χ1) is 10.2. The van der Waals surface area contributed by atoms with Gasteiger partial charge in [-0.15, -0.1) is 11.6 Å². The van der Waals surface area contributed by atoms with Crippen molar-refractivity contribution >= 4 is 23.1 Å². The third-order valence-electron chi connectivity index (χ3n) is 4.01. The van der Waals surface area contributed by atoms with Gasteiger partial charge in [-0.1, -0.05) is 6.92 Å². The number of hydrogen-bond acceptors (Lipinski definition) is 4. The average Bonchev–Trinajstić information content (AvgIpc) is 2.52. The fourth-order valence-corrected chi connectivity index (χ4v) is 3.08. The van der Waals surface area contributed by atoms with Crippen molar-refractivity contribution in [2.75, 3.05) is 30.4 Å². The Balaban J connectivity index is 2.36. The van der Waals surface area contributed by atoms with Gasteiger partial charge in [0.15, 0.2) is 0 Å². The molecular formula is C16H26ClN3O. The van der Waals surface area contributed by atoms with Gasteiger partial charge in [-0.05, 0) is 33.1 Å². The maximum Gasteiger partial charge on any atom is 0.131 e. The second-order valence-electron chi connectivity index (χ2n) is 5.43. The maximum atomic E-state index is 6.21. The predicted octanol–water partition coefficient (Wildman–Crippen LogP) is 3.71. The number of nitrogens with zero attached hydrogens (tertiary/aromatic N) is 1. The molecule has 1 aliphatic rings. The Morgan fingerprint density at radius 1 is 1.29 bits per heavy atom. The lowest BCUT2D eigenvalue weighted by Gasteiger charge is -2.27. The molecule has 0 radical (unpaired) electrons. The van der Waals surface area contributed by atoms with Gasteiger partial charge in [0.1, 0.15) is 5.82 Å². The van der Waals surface area contributed by atoms with Gasteiger partial charge in [0.05, 0.1) is 5.88 Å². The Bertz CT molecular complexity index is 473. The summed E-state index contributed by atoms with van der Waals surface area (Å²) in [4.78, 5) is 4.74. The van der Waals surface area contributed by atoms with E-state index in [2.05, 4.69) is 31.4 Å². The van der Waals surface area contributed by atoms with E-state index in [1.54, 1.807) is 0 Å². The van der Waals surface area contributed by atoms with Crippen molar-refractivity contribution in [1.29, 1.82) is 0 Å². The van der Waals surface area contributed by atoms with Crippen LogP contribution in [0.1, 0.15) is 43.5 Å². The first-order valence-corrected chi connectivity index (χ1v) is 8.41. The Kier molecular flexibility index (Phi) is 6.12. The fourth-order valence-electron chi connectivity index (χ4n) is 2.79. The lowest BCUT2D eigenvalue weighted by molar-refractivity contribution is 0.0904. The van der Waals surface area contributed by atoms with E-state index in [-0.39, 0.29) is 0 Å². The van der Waals surface area contributed by atoms with Gasteiger partial charge < -0.3 is 15.4 Å². The molecule has 0 saturated carbocycles. The molecule has 2 heterocycles. The van der Waals surface area contributed by atoms with Crippen LogP contribution in [-0.4, -0.2) is 30.8 Å². The van der Waals surface area contributed by atoms with Crippen molar-refractivity contribution in [3.63, 3.8) is 0 Å². The highest BCUT2D eigenvalue weighted by Crippen LogP contribution is 2.31. The number of aromatic nitrogens is 1. The van der Waals surface area contributed by atoms with Crippen LogP contribution < -0.4 is 10.6 Å². The minimum absolute atomic E-state index is 0.459. The molecule has 118 valence electrons. The molecule has 0 atom stereocenters. The molecule has 1 saturated heterocycles. The fraction of sp³-hybridized carbons (Fsp3) is 0.688. The van der Waals surface area contributed by atoms with E-state index in [9.17, 15) is 0 Å². The quantitative estimate of drug-likeness (QED) is 0.786. The Hall–Kier alpha value is -1.00. The predicted molar refractivity (Wildman–Crippen MR) is 89.5 cm³/mol.